The van der Waals surface area contributed by atoms with Crippen LogP contribution in [0.5, 0.6) is 0 Å². The van der Waals surface area contributed by atoms with E-state index in [0.29, 0.717) is 6.54 Å². The molecule has 0 amide bonds. The Hall–Kier alpha value is -0.810. The molecule has 2 unspecified atom stereocenters. The molecule has 1 aromatic carbocycles. The number of aliphatic hydroxyl groups excluding tert-OH is 1. The van der Waals surface area contributed by atoms with E-state index >= 15 is 0 Å². The van der Waals surface area contributed by atoms with Crippen molar-refractivity contribution >= 4 is 23.1 Å². The average Bonchev–Trinajstić information content (AvgIpc) is 2.93. The van der Waals surface area contributed by atoms with Crippen LogP contribution in [0.3, 0.4) is 0 Å². The third-order valence-electron chi connectivity index (χ3n) is 3.80. The molecule has 1 aliphatic rings. The highest BCUT2D eigenvalue weighted by atomic mass is 32.2. The van der Waals surface area contributed by atoms with Gasteiger partial charge in [-0.2, -0.15) is 11.8 Å². The zero-order valence-corrected chi connectivity index (χ0v) is 12.9. The third kappa shape index (κ3) is 2.79. The molecule has 106 valence electrons. The molecule has 20 heavy (non-hydrogen) atoms. The molecule has 2 nitrogen and oxygen atoms in total. The molecule has 1 aliphatic heterocycles. The average molecular weight is 305 g/mol. The first-order valence-corrected chi connectivity index (χ1v) is 8.89. The van der Waals surface area contributed by atoms with Crippen molar-refractivity contribution in [2.45, 2.75) is 24.2 Å². The van der Waals surface area contributed by atoms with Crippen LogP contribution in [0.2, 0.25) is 0 Å². The zero-order valence-electron chi connectivity index (χ0n) is 11.3. The van der Waals surface area contributed by atoms with Gasteiger partial charge in [0, 0.05) is 28.0 Å². The highest BCUT2D eigenvalue weighted by molar-refractivity contribution is 7.98. The summed E-state index contributed by atoms with van der Waals surface area (Å²) in [7, 11) is 0. The fraction of sp³-hybridized carbons (Fsp3) is 0.375. The molecule has 0 saturated heterocycles. The quantitative estimate of drug-likeness (QED) is 0.911. The first kappa shape index (κ1) is 14.1. The van der Waals surface area contributed by atoms with Crippen molar-refractivity contribution in [2.24, 2.45) is 5.73 Å². The van der Waals surface area contributed by atoms with E-state index in [0.717, 1.165) is 22.6 Å². The molecular formula is C16H19NOS2. The lowest BCUT2D eigenvalue weighted by Gasteiger charge is -2.20. The standard InChI is InChI=1S/C16H19NOS2/c17-9-13(11-4-2-1-3-5-11)16(18)15-8-12-10-19-7-6-14(12)20-15/h1-5,8,13,16,18H,6-7,9-10,17H2. The molecule has 2 heterocycles. The van der Waals surface area contributed by atoms with Gasteiger partial charge < -0.3 is 10.8 Å². The molecule has 0 saturated carbocycles. The van der Waals surface area contributed by atoms with Gasteiger partial charge in [0.1, 0.15) is 0 Å². The van der Waals surface area contributed by atoms with Gasteiger partial charge in [0.15, 0.2) is 0 Å². The number of nitrogens with two attached hydrogens (primary N) is 1. The monoisotopic (exact) mass is 305 g/mol. The van der Waals surface area contributed by atoms with Crippen LogP contribution in [0.15, 0.2) is 36.4 Å². The number of thioether (sulfide) groups is 1. The highest BCUT2D eigenvalue weighted by Gasteiger charge is 2.25. The number of aliphatic hydroxyl groups is 1. The summed E-state index contributed by atoms with van der Waals surface area (Å²) in [6.07, 6.45) is 0.638. The molecule has 0 spiro atoms. The molecule has 0 bridgehead atoms. The van der Waals surface area contributed by atoms with Crippen LogP contribution < -0.4 is 5.73 Å². The third-order valence-corrected chi connectivity index (χ3v) is 6.12. The predicted octanol–water partition coefficient (Wildman–Crippen LogP) is 3.31. The van der Waals surface area contributed by atoms with E-state index in [1.807, 2.05) is 42.1 Å². The summed E-state index contributed by atoms with van der Waals surface area (Å²) in [5.41, 5.74) is 8.43. The molecule has 2 atom stereocenters. The number of benzene rings is 1. The Labute approximate surface area is 128 Å². The summed E-state index contributed by atoms with van der Waals surface area (Å²) < 4.78 is 0. The van der Waals surface area contributed by atoms with Crippen LogP contribution in [-0.4, -0.2) is 17.4 Å². The summed E-state index contributed by atoms with van der Waals surface area (Å²) >= 11 is 3.74. The largest absolute Gasteiger partial charge is 0.387 e. The maximum atomic E-state index is 10.7. The molecule has 0 fully saturated rings. The number of hydrogen-bond donors (Lipinski definition) is 2. The zero-order chi connectivity index (χ0) is 13.9. The van der Waals surface area contributed by atoms with Gasteiger partial charge in [-0.05, 0) is 29.4 Å². The summed E-state index contributed by atoms with van der Waals surface area (Å²) in [5.74, 6) is 2.25. The van der Waals surface area contributed by atoms with Crippen molar-refractivity contribution in [3.8, 4) is 0 Å². The predicted molar refractivity (Wildman–Crippen MR) is 87.4 cm³/mol. The summed E-state index contributed by atoms with van der Waals surface area (Å²) in [4.78, 5) is 2.51. The lowest BCUT2D eigenvalue weighted by atomic mass is 9.92. The van der Waals surface area contributed by atoms with Gasteiger partial charge in [0.25, 0.3) is 0 Å². The first-order chi connectivity index (χ1) is 9.79. The number of thiophene rings is 1. The van der Waals surface area contributed by atoms with Crippen LogP contribution in [-0.2, 0) is 12.2 Å². The van der Waals surface area contributed by atoms with Crippen molar-refractivity contribution < 1.29 is 5.11 Å². The van der Waals surface area contributed by atoms with Gasteiger partial charge >= 0.3 is 0 Å². The van der Waals surface area contributed by atoms with Gasteiger partial charge in [0.2, 0.25) is 0 Å². The fourth-order valence-electron chi connectivity index (χ4n) is 2.66. The minimum absolute atomic E-state index is 0.0241. The van der Waals surface area contributed by atoms with Gasteiger partial charge in [-0.15, -0.1) is 11.3 Å². The van der Waals surface area contributed by atoms with Crippen molar-refractivity contribution in [3.05, 3.63) is 57.3 Å². The number of hydrogen-bond acceptors (Lipinski definition) is 4. The molecule has 0 radical (unpaired) electrons. The Kier molecular flexibility index (Phi) is 4.46. The molecule has 3 N–H and O–H groups in total. The molecule has 0 aliphatic carbocycles. The molecule has 2 aromatic rings. The minimum Gasteiger partial charge on any atom is -0.387 e. The van der Waals surface area contributed by atoms with E-state index in [1.165, 1.54) is 16.2 Å². The summed E-state index contributed by atoms with van der Waals surface area (Å²) in [6, 6.07) is 12.3. The number of aryl methyl sites for hydroxylation is 1. The Balaban J connectivity index is 1.86. The van der Waals surface area contributed by atoms with Crippen LogP contribution in [0, 0.1) is 0 Å². The maximum absolute atomic E-state index is 10.7. The van der Waals surface area contributed by atoms with E-state index in [9.17, 15) is 5.11 Å². The van der Waals surface area contributed by atoms with Gasteiger partial charge in [-0.3, -0.25) is 0 Å². The first-order valence-electron chi connectivity index (χ1n) is 6.92. The summed E-state index contributed by atoms with van der Waals surface area (Å²) in [6.45, 7) is 0.461. The van der Waals surface area contributed by atoms with Crippen molar-refractivity contribution in [3.63, 3.8) is 0 Å². The topological polar surface area (TPSA) is 46.2 Å². The van der Waals surface area contributed by atoms with Gasteiger partial charge in [-0.1, -0.05) is 30.3 Å². The fourth-order valence-corrected chi connectivity index (χ4v) is 5.09. The van der Waals surface area contributed by atoms with E-state index < -0.39 is 6.10 Å². The molecular weight excluding hydrogens is 286 g/mol. The van der Waals surface area contributed by atoms with Crippen LogP contribution >= 0.6 is 23.1 Å². The maximum Gasteiger partial charge on any atom is 0.0962 e. The smallest absolute Gasteiger partial charge is 0.0962 e. The second-order valence-electron chi connectivity index (χ2n) is 5.10. The Morgan fingerprint density at radius 1 is 1.25 bits per heavy atom. The molecule has 1 aromatic heterocycles. The van der Waals surface area contributed by atoms with Crippen LogP contribution in [0.25, 0.3) is 0 Å². The molecule has 4 heteroatoms. The van der Waals surface area contributed by atoms with E-state index in [-0.39, 0.29) is 5.92 Å². The lowest BCUT2D eigenvalue weighted by molar-refractivity contribution is 0.151. The second kappa shape index (κ2) is 6.31. The highest BCUT2D eigenvalue weighted by Crippen LogP contribution is 2.39. The second-order valence-corrected chi connectivity index (χ2v) is 7.37. The Morgan fingerprint density at radius 3 is 2.75 bits per heavy atom. The van der Waals surface area contributed by atoms with E-state index in [2.05, 4.69) is 6.07 Å². The Bertz CT molecular complexity index is 544. The van der Waals surface area contributed by atoms with Crippen LogP contribution in [0.1, 0.15) is 32.9 Å². The van der Waals surface area contributed by atoms with Crippen molar-refractivity contribution in [1.29, 1.82) is 0 Å². The normalized spacial score (nSPS) is 17.5. The SMILES string of the molecule is NCC(c1ccccc1)C(O)c1cc2c(s1)CCSC2. The number of fused-ring (bicyclic) bond motifs is 1. The summed E-state index contributed by atoms with van der Waals surface area (Å²) in [5, 5.41) is 10.7. The van der Waals surface area contributed by atoms with E-state index in [1.54, 1.807) is 11.3 Å². The minimum atomic E-state index is -0.497. The van der Waals surface area contributed by atoms with E-state index in [4.69, 9.17) is 5.73 Å². The lowest BCUT2D eigenvalue weighted by Crippen LogP contribution is -2.19. The van der Waals surface area contributed by atoms with Crippen molar-refractivity contribution in [1.82, 2.24) is 0 Å². The van der Waals surface area contributed by atoms with Gasteiger partial charge in [-0.25, -0.2) is 0 Å². The molecule has 3 rings (SSSR count). The van der Waals surface area contributed by atoms with Crippen molar-refractivity contribution in [2.75, 3.05) is 12.3 Å². The number of rotatable bonds is 4. The van der Waals surface area contributed by atoms with Crippen LogP contribution in [0.4, 0.5) is 0 Å². The van der Waals surface area contributed by atoms with Gasteiger partial charge in [0.05, 0.1) is 6.10 Å². The Morgan fingerprint density at radius 2 is 2.05 bits per heavy atom.